The number of pyridine rings is 1. The average Bonchev–Trinajstić information content (AvgIpc) is 3.27. The zero-order valence-corrected chi connectivity index (χ0v) is 16.1. The van der Waals surface area contributed by atoms with E-state index in [9.17, 15) is 9.18 Å². The first kappa shape index (κ1) is 17.5. The van der Waals surface area contributed by atoms with Crippen molar-refractivity contribution in [1.82, 2.24) is 20.1 Å². The van der Waals surface area contributed by atoms with Gasteiger partial charge in [-0.3, -0.25) is 5.10 Å². The maximum atomic E-state index is 14.1. The molecule has 2 aromatic rings. The summed E-state index contributed by atoms with van der Waals surface area (Å²) in [5.74, 6) is -0.0805. The molecule has 1 unspecified atom stereocenters. The minimum absolute atomic E-state index is 0.00715. The van der Waals surface area contributed by atoms with Crippen molar-refractivity contribution in [2.45, 2.75) is 57.5 Å². The van der Waals surface area contributed by atoms with Crippen molar-refractivity contribution in [3.8, 4) is 0 Å². The van der Waals surface area contributed by atoms with Gasteiger partial charge in [-0.2, -0.15) is 5.10 Å². The third-order valence-electron chi connectivity index (χ3n) is 5.44. The van der Waals surface area contributed by atoms with Crippen LogP contribution in [-0.2, 0) is 13.0 Å². The van der Waals surface area contributed by atoms with E-state index in [0.29, 0.717) is 12.5 Å². The second-order valence-corrected chi connectivity index (χ2v) is 7.87. The monoisotopic (exact) mass is 421 g/mol. The third-order valence-corrected chi connectivity index (χ3v) is 5.99. The molecule has 1 saturated carbocycles. The van der Waals surface area contributed by atoms with Crippen molar-refractivity contribution in [3.63, 3.8) is 0 Å². The molecule has 8 heteroatoms. The molecule has 4 rings (SSSR count). The molecule has 1 fully saturated rings. The topological polar surface area (TPSA) is 73.9 Å². The van der Waals surface area contributed by atoms with E-state index < -0.39 is 5.82 Å². The summed E-state index contributed by atoms with van der Waals surface area (Å²) in [5.41, 5.74) is 3.50. The van der Waals surface area contributed by atoms with Crippen LogP contribution in [0, 0.1) is 5.82 Å². The average molecular weight is 422 g/mol. The number of carbonyl (C=O) groups is 1. The molecule has 3 heterocycles. The van der Waals surface area contributed by atoms with Crippen molar-refractivity contribution in [2.75, 3.05) is 5.32 Å². The Morgan fingerprint density at radius 2 is 2.19 bits per heavy atom. The Kier molecular flexibility index (Phi) is 4.69. The van der Waals surface area contributed by atoms with Crippen molar-refractivity contribution < 1.29 is 9.18 Å². The van der Waals surface area contributed by atoms with Gasteiger partial charge < -0.3 is 10.2 Å². The molecule has 2 aromatic heterocycles. The van der Waals surface area contributed by atoms with Crippen LogP contribution >= 0.6 is 15.9 Å². The van der Waals surface area contributed by atoms with E-state index in [4.69, 9.17) is 0 Å². The highest BCUT2D eigenvalue weighted by Gasteiger charge is 2.33. The minimum atomic E-state index is -0.568. The summed E-state index contributed by atoms with van der Waals surface area (Å²) >= 11 is 3.04. The third kappa shape index (κ3) is 3.11. The fourth-order valence-corrected chi connectivity index (χ4v) is 4.34. The number of amides is 2. The molecule has 0 bridgehead atoms. The van der Waals surface area contributed by atoms with Gasteiger partial charge in [-0.1, -0.05) is 12.8 Å². The van der Waals surface area contributed by atoms with Gasteiger partial charge in [0, 0.05) is 35.8 Å². The van der Waals surface area contributed by atoms with Crippen LogP contribution in [0.15, 0.2) is 16.9 Å². The summed E-state index contributed by atoms with van der Waals surface area (Å²) in [7, 11) is 0. The molecule has 0 spiro atoms. The summed E-state index contributed by atoms with van der Waals surface area (Å²) in [4.78, 5) is 18.4. The highest BCUT2D eigenvalue weighted by atomic mass is 79.9. The van der Waals surface area contributed by atoms with E-state index in [0.717, 1.165) is 36.2 Å². The van der Waals surface area contributed by atoms with E-state index in [1.54, 1.807) is 4.90 Å². The van der Waals surface area contributed by atoms with Crippen LogP contribution in [0.4, 0.5) is 14.9 Å². The number of anilines is 1. The molecule has 1 aliphatic heterocycles. The van der Waals surface area contributed by atoms with Gasteiger partial charge in [0.25, 0.3) is 0 Å². The normalized spacial score (nSPS) is 20.3. The number of hydrogen-bond donors (Lipinski definition) is 2. The Balaban J connectivity index is 1.55. The lowest BCUT2D eigenvalue weighted by Crippen LogP contribution is -2.45. The van der Waals surface area contributed by atoms with Crippen molar-refractivity contribution in [1.29, 1.82) is 0 Å². The summed E-state index contributed by atoms with van der Waals surface area (Å²) in [5, 5.41) is 10.4. The number of aromatic nitrogens is 3. The second-order valence-electron chi connectivity index (χ2n) is 7.12. The number of nitrogens with one attached hydrogen (secondary N) is 2. The molecule has 1 atom stereocenters. The van der Waals surface area contributed by atoms with Gasteiger partial charge in [-0.25, -0.2) is 14.2 Å². The Labute approximate surface area is 159 Å². The van der Waals surface area contributed by atoms with Crippen LogP contribution < -0.4 is 5.32 Å². The largest absolute Gasteiger partial charge is 0.322 e. The maximum Gasteiger partial charge on any atom is 0.322 e. The molecule has 2 N–H and O–H groups in total. The first-order valence-electron chi connectivity index (χ1n) is 8.98. The van der Waals surface area contributed by atoms with Crippen LogP contribution in [0.2, 0.25) is 0 Å². The molecule has 26 heavy (non-hydrogen) atoms. The zero-order chi connectivity index (χ0) is 18.3. The van der Waals surface area contributed by atoms with Gasteiger partial charge in [0.15, 0.2) is 5.82 Å². The highest BCUT2D eigenvalue weighted by molar-refractivity contribution is 9.10. The molecule has 0 saturated heterocycles. The number of hydrogen-bond acceptors (Lipinski definition) is 3. The number of fused-ring (bicyclic) bond motifs is 1. The van der Waals surface area contributed by atoms with Gasteiger partial charge >= 0.3 is 6.03 Å². The van der Waals surface area contributed by atoms with Gasteiger partial charge in [-0.05, 0) is 41.8 Å². The van der Waals surface area contributed by atoms with Crippen molar-refractivity contribution >= 4 is 27.6 Å². The first-order chi connectivity index (χ1) is 12.5. The van der Waals surface area contributed by atoms with Crippen LogP contribution in [0.3, 0.4) is 0 Å². The highest BCUT2D eigenvalue weighted by Crippen LogP contribution is 2.37. The molecule has 138 valence electrons. The van der Waals surface area contributed by atoms with Crippen molar-refractivity contribution in [3.05, 3.63) is 39.6 Å². The smallest absolute Gasteiger partial charge is 0.317 e. The summed E-state index contributed by atoms with van der Waals surface area (Å²) < 4.78 is 14.2. The first-order valence-corrected chi connectivity index (χ1v) is 9.77. The number of H-pyrrole nitrogens is 1. The van der Waals surface area contributed by atoms with E-state index in [2.05, 4.69) is 36.4 Å². The van der Waals surface area contributed by atoms with E-state index in [1.807, 2.05) is 6.92 Å². The predicted molar refractivity (Wildman–Crippen MR) is 99.4 cm³/mol. The molecule has 0 aromatic carbocycles. The lowest BCUT2D eigenvalue weighted by Gasteiger charge is -2.33. The Bertz CT molecular complexity index is 833. The Morgan fingerprint density at radius 1 is 1.42 bits per heavy atom. The quantitative estimate of drug-likeness (QED) is 0.708. The van der Waals surface area contributed by atoms with Crippen LogP contribution in [0.25, 0.3) is 0 Å². The van der Waals surface area contributed by atoms with Gasteiger partial charge in [0.1, 0.15) is 4.60 Å². The van der Waals surface area contributed by atoms with Crippen LogP contribution in [-0.4, -0.2) is 32.2 Å². The summed E-state index contributed by atoms with van der Waals surface area (Å²) in [6.45, 7) is 2.50. The lowest BCUT2D eigenvalue weighted by atomic mass is 9.94. The fraction of sp³-hybridized carbons (Fsp3) is 0.500. The SMILES string of the molecule is CC1Cc2[nH]nc(C3CCCC3)c2CN1C(=O)Nc1ccnc(Br)c1F. The molecule has 2 aliphatic rings. The Hall–Kier alpha value is -1.96. The van der Waals surface area contributed by atoms with E-state index in [-0.39, 0.29) is 22.4 Å². The standard InChI is InChI=1S/C18H21BrFN5O/c1-10-8-14-12(16(24-23-14)11-4-2-3-5-11)9-25(10)18(26)22-13-6-7-21-17(19)15(13)20/h6-7,10-11H,2-5,8-9H2,1H3,(H,23,24)(H,21,22,26). The lowest BCUT2D eigenvalue weighted by molar-refractivity contribution is 0.181. The van der Waals surface area contributed by atoms with Gasteiger partial charge in [-0.15, -0.1) is 0 Å². The van der Waals surface area contributed by atoms with E-state index in [1.165, 1.54) is 25.1 Å². The van der Waals surface area contributed by atoms with E-state index >= 15 is 0 Å². The number of carbonyl (C=O) groups excluding carboxylic acids is 1. The fourth-order valence-electron chi connectivity index (χ4n) is 4.00. The minimum Gasteiger partial charge on any atom is -0.317 e. The maximum absolute atomic E-state index is 14.1. The molecule has 6 nitrogen and oxygen atoms in total. The molecule has 2 amide bonds. The molecule has 0 radical (unpaired) electrons. The Morgan fingerprint density at radius 3 is 2.96 bits per heavy atom. The summed E-state index contributed by atoms with van der Waals surface area (Å²) in [6, 6.07) is 1.16. The number of nitrogens with zero attached hydrogens (tertiary/aromatic N) is 3. The van der Waals surface area contributed by atoms with Gasteiger partial charge in [0.05, 0.1) is 17.9 Å². The zero-order valence-electron chi connectivity index (χ0n) is 14.6. The van der Waals surface area contributed by atoms with Crippen LogP contribution in [0.5, 0.6) is 0 Å². The van der Waals surface area contributed by atoms with Crippen molar-refractivity contribution in [2.24, 2.45) is 0 Å². The number of halogens is 2. The number of aromatic amines is 1. The summed E-state index contributed by atoms with van der Waals surface area (Å²) in [6.07, 6.45) is 6.98. The molecular formula is C18H21BrFN5O. The number of rotatable bonds is 2. The van der Waals surface area contributed by atoms with Gasteiger partial charge in [0.2, 0.25) is 0 Å². The predicted octanol–water partition coefficient (Wildman–Crippen LogP) is 4.34. The molecule has 1 aliphatic carbocycles. The van der Waals surface area contributed by atoms with Crippen LogP contribution in [0.1, 0.15) is 55.5 Å². The molecular weight excluding hydrogens is 401 g/mol. The number of urea groups is 1. The second kappa shape index (κ2) is 6.98.